The molecule has 180 valence electrons. The summed E-state index contributed by atoms with van der Waals surface area (Å²) in [6, 6.07) is 11.8. The lowest BCUT2D eigenvalue weighted by molar-refractivity contribution is -0.150. The number of esters is 1. The summed E-state index contributed by atoms with van der Waals surface area (Å²) in [7, 11) is 0. The molecule has 1 N–H and O–H groups in total. The number of aromatic nitrogens is 1. The maximum Gasteiger partial charge on any atom is 0.329 e. The molecule has 0 unspecified atom stereocenters. The van der Waals surface area contributed by atoms with Crippen LogP contribution in [0.15, 0.2) is 59.6 Å². The van der Waals surface area contributed by atoms with Crippen LogP contribution in [0.25, 0.3) is 17.0 Å². The van der Waals surface area contributed by atoms with E-state index in [0.29, 0.717) is 11.3 Å². The first-order chi connectivity index (χ1) is 16.8. The third-order valence-corrected chi connectivity index (χ3v) is 6.27. The fraction of sp³-hybridized carbons (Fsp3) is 0.200. The maximum absolute atomic E-state index is 13.1. The van der Waals surface area contributed by atoms with Crippen molar-refractivity contribution in [3.63, 3.8) is 0 Å². The zero-order chi connectivity index (χ0) is 25.1. The molecule has 10 heteroatoms. The van der Waals surface area contributed by atoms with Crippen molar-refractivity contribution in [2.24, 2.45) is 0 Å². The van der Waals surface area contributed by atoms with Crippen molar-refractivity contribution in [2.45, 2.75) is 26.4 Å². The molecule has 8 nitrogen and oxygen atoms in total. The van der Waals surface area contributed by atoms with E-state index in [4.69, 9.17) is 4.74 Å². The molecule has 0 bridgehead atoms. The van der Waals surface area contributed by atoms with Crippen LogP contribution < -0.4 is 5.32 Å². The van der Waals surface area contributed by atoms with Gasteiger partial charge >= 0.3 is 5.97 Å². The standard InChI is InChI=1S/C25H22FN3O5S/c1-3-34-24(32)15(2)29-23(31)21(35-25(29)33)12-16-13-28(20-7-5-4-6-19(16)20)14-22(30)27-18-10-8-17(26)9-11-18/h4-13,15H,3,14H2,1-2H3,(H,27,30)/b21-12-/t15-/m1/s1. The lowest BCUT2D eigenvalue weighted by Gasteiger charge is -2.19. The number of rotatable bonds is 7. The number of hydrogen-bond acceptors (Lipinski definition) is 6. The summed E-state index contributed by atoms with van der Waals surface area (Å²) in [5.74, 6) is -1.94. The predicted octanol–water partition coefficient (Wildman–Crippen LogP) is 4.41. The molecule has 1 atom stereocenters. The number of fused-ring (bicyclic) bond motifs is 1. The Labute approximate surface area is 204 Å². The highest BCUT2D eigenvalue weighted by Gasteiger charge is 2.41. The number of hydrogen-bond donors (Lipinski definition) is 1. The Balaban J connectivity index is 1.59. The number of para-hydroxylation sites is 1. The molecule has 3 amide bonds. The van der Waals surface area contributed by atoms with Gasteiger partial charge in [-0.3, -0.25) is 19.3 Å². The van der Waals surface area contributed by atoms with Crippen LogP contribution >= 0.6 is 11.8 Å². The monoisotopic (exact) mass is 495 g/mol. The minimum absolute atomic E-state index is 0.0207. The molecule has 1 aliphatic heterocycles. The molecular weight excluding hydrogens is 473 g/mol. The third-order valence-electron chi connectivity index (χ3n) is 5.39. The van der Waals surface area contributed by atoms with E-state index >= 15 is 0 Å². The number of anilines is 1. The molecule has 0 radical (unpaired) electrons. The molecule has 0 spiro atoms. The molecule has 1 fully saturated rings. The second-order valence-electron chi connectivity index (χ2n) is 7.76. The normalized spacial score (nSPS) is 15.6. The molecule has 4 rings (SSSR count). The highest BCUT2D eigenvalue weighted by atomic mass is 32.2. The van der Waals surface area contributed by atoms with Crippen LogP contribution in [0.4, 0.5) is 14.9 Å². The molecule has 1 aromatic heterocycles. The van der Waals surface area contributed by atoms with Crippen molar-refractivity contribution >= 4 is 57.5 Å². The van der Waals surface area contributed by atoms with E-state index in [-0.39, 0.29) is 24.0 Å². The molecule has 0 aliphatic carbocycles. The summed E-state index contributed by atoms with van der Waals surface area (Å²) in [5, 5.41) is 2.95. The zero-order valence-electron chi connectivity index (χ0n) is 19.0. The summed E-state index contributed by atoms with van der Waals surface area (Å²) < 4.78 is 19.8. The van der Waals surface area contributed by atoms with E-state index in [1.54, 1.807) is 23.8 Å². The Morgan fingerprint density at radius 2 is 1.86 bits per heavy atom. The van der Waals surface area contributed by atoms with Gasteiger partial charge in [-0.15, -0.1) is 0 Å². The number of halogens is 1. The summed E-state index contributed by atoms with van der Waals surface area (Å²) in [5.41, 5.74) is 1.87. The second kappa shape index (κ2) is 10.1. The van der Waals surface area contributed by atoms with Crippen molar-refractivity contribution in [1.29, 1.82) is 0 Å². The van der Waals surface area contributed by atoms with Gasteiger partial charge in [0.1, 0.15) is 18.4 Å². The van der Waals surface area contributed by atoms with E-state index in [1.165, 1.54) is 31.2 Å². The Hall–Kier alpha value is -3.92. The van der Waals surface area contributed by atoms with Crippen molar-refractivity contribution in [3.05, 3.63) is 71.0 Å². The molecule has 2 aromatic carbocycles. The molecule has 3 aromatic rings. The Kier molecular flexibility index (Phi) is 7.02. The number of nitrogens with one attached hydrogen (secondary N) is 1. The van der Waals surface area contributed by atoms with Gasteiger partial charge in [0, 0.05) is 28.4 Å². The molecule has 1 aliphatic rings. The van der Waals surface area contributed by atoms with Gasteiger partial charge in [0.2, 0.25) is 5.91 Å². The lowest BCUT2D eigenvalue weighted by atomic mass is 10.1. The number of ether oxygens (including phenoxy) is 1. The Morgan fingerprint density at radius 3 is 2.57 bits per heavy atom. The largest absolute Gasteiger partial charge is 0.464 e. The number of imide groups is 1. The summed E-state index contributed by atoms with van der Waals surface area (Å²) in [6.07, 6.45) is 3.30. The van der Waals surface area contributed by atoms with Crippen LogP contribution in [0.5, 0.6) is 0 Å². The number of carbonyl (C=O) groups excluding carboxylic acids is 4. The highest BCUT2D eigenvalue weighted by Crippen LogP contribution is 2.35. The summed E-state index contributed by atoms with van der Waals surface area (Å²) >= 11 is 0.747. The minimum Gasteiger partial charge on any atom is -0.464 e. The van der Waals surface area contributed by atoms with Crippen LogP contribution in [0.2, 0.25) is 0 Å². The number of benzene rings is 2. The molecule has 2 heterocycles. The Morgan fingerprint density at radius 1 is 1.14 bits per heavy atom. The highest BCUT2D eigenvalue weighted by molar-refractivity contribution is 8.18. The van der Waals surface area contributed by atoms with Crippen LogP contribution in [0, 0.1) is 5.82 Å². The average Bonchev–Trinajstić information content (AvgIpc) is 3.31. The zero-order valence-corrected chi connectivity index (χ0v) is 19.8. The third kappa shape index (κ3) is 5.12. The molecular formula is C25H22FN3O5S. The van der Waals surface area contributed by atoms with Gasteiger partial charge in [-0.25, -0.2) is 9.18 Å². The average molecular weight is 496 g/mol. The molecule has 35 heavy (non-hydrogen) atoms. The fourth-order valence-electron chi connectivity index (χ4n) is 3.73. The number of nitrogens with zero attached hydrogens (tertiary/aromatic N) is 2. The van der Waals surface area contributed by atoms with Gasteiger partial charge in [-0.1, -0.05) is 18.2 Å². The number of amides is 3. The summed E-state index contributed by atoms with van der Waals surface area (Å²) in [6.45, 7) is 3.22. The predicted molar refractivity (Wildman–Crippen MR) is 131 cm³/mol. The quantitative estimate of drug-likeness (QED) is 0.385. The van der Waals surface area contributed by atoms with Crippen LogP contribution in [0.1, 0.15) is 19.4 Å². The summed E-state index contributed by atoms with van der Waals surface area (Å²) in [4.78, 5) is 51.1. The van der Waals surface area contributed by atoms with E-state index in [1.807, 2.05) is 24.3 Å². The van der Waals surface area contributed by atoms with Crippen molar-refractivity contribution in [2.75, 3.05) is 11.9 Å². The van der Waals surface area contributed by atoms with Crippen molar-refractivity contribution in [3.8, 4) is 0 Å². The first-order valence-corrected chi connectivity index (χ1v) is 11.7. The number of thioether (sulfide) groups is 1. The van der Waals surface area contributed by atoms with Crippen molar-refractivity contribution in [1.82, 2.24) is 9.47 Å². The van der Waals surface area contributed by atoms with Gasteiger partial charge in [0.15, 0.2) is 0 Å². The van der Waals surface area contributed by atoms with Crippen LogP contribution in [0.3, 0.4) is 0 Å². The van der Waals surface area contributed by atoms with E-state index in [9.17, 15) is 23.6 Å². The van der Waals surface area contributed by atoms with Crippen LogP contribution in [-0.2, 0) is 25.7 Å². The first kappa shape index (κ1) is 24.2. The van der Waals surface area contributed by atoms with E-state index in [0.717, 1.165) is 27.6 Å². The van der Waals surface area contributed by atoms with E-state index in [2.05, 4.69) is 5.32 Å². The Bertz CT molecular complexity index is 1350. The topological polar surface area (TPSA) is 97.7 Å². The second-order valence-corrected chi connectivity index (χ2v) is 8.76. The van der Waals surface area contributed by atoms with Gasteiger partial charge in [-0.2, -0.15) is 0 Å². The smallest absolute Gasteiger partial charge is 0.329 e. The lowest BCUT2D eigenvalue weighted by Crippen LogP contribution is -2.42. The van der Waals surface area contributed by atoms with Gasteiger partial charge in [-0.05, 0) is 62.0 Å². The molecule has 1 saturated heterocycles. The number of carbonyl (C=O) groups is 4. The fourth-order valence-corrected chi connectivity index (χ4v) is 4.63. The van der Waals surface area contributed by atoms with E-state index < -0.39 is 29.0 Å². The minimum atomic E-state index is -1.04. The van der Waals surface area contributed by atoms with Crippen LogP contribution in [-0.4, -0.2) is 45.1 Å². The molecule has 0 saturated carbocycles. The van der Waals surface area contributed by atoms with Gasteiger partial charge in [0.25, 0.3) is 11.1 Å². The van der Waals surface area contributed by atoms with Crippen molar-refractivity contribution < 1.29 is 28.3 Å². The first-order valence-electron chi connectivity index (χ1n) is 10.9. The van der Waals surface area contributed by atoms with Gasteiger partial charge < -0.3 is 14.6 Å². The maximum atomic E-state index is 13.1. The SMILES string of the molecule is CCOC(=O)[C@@H](C)N1C(=O)S/C(=C\c2cn(CC(=O)Nc3ccc(F)cc3)c3ccccc23)C1=O. The van der Waals surface area contributed by atoms with Gasteiger partial charge in [0.05, 0.1) is 11.5 Å².